The third-order valence-corrected chi connectivity index (χ3v) is 3.04. The molecule has 11 heavy (non-hydrogen) atoms. The molecular weight excluding hydrogens is 151 g/mol. The first-order valence-corrected chi connectivity index (χ1v) is 3.98. The molecule has 2 rings (SSSR count). The Balaban J connectivity index is 0.000000605. The summed E-state index contributed by atoms with van der Waals surface area (Å²) in [4.78, 5) is 10.5. The maximum Gasteiger partial charge on any atom is 1.00 e. The van der Waals surface area contributed by atoms with E-state index in [1.165, 1.54) is 6.42 Å². The minimum absolute atomic E-state index is 0. The van der Waals surface area contributed by atoms with Crippen molar-refractivity contribution in [3.05, 3.63) is 0 Å². The molecule has 1 unspecified atom stereocenters. The van der Waals surface area contributed by atoms with Gasteiger partial charge in [0, 0.05) is 11.9 Å². The van der Waals surface area contributed by atoms with Gasteiger partial charge in [-0.1, -0.05) is 6.42 Å². The van der Waals surface area contributed by atoms with Crippen LogP contribution in [0.25, 0.3) is 0 Å². The second-order valence-electron chi connectivity index (χ2n) is 3.60. The Morgan fingerprint density at radius 2 is 2.00 bits per heavy atom. The second kappa shape index (κ2) is 3.46. The van der Waals surface area contributed by atoms with Crippen LogP contribution in [0.2, 0.25) is 0 Å². The summed E-state index contributed by atoms with van der Waals surface area (Å²) in [5.41, 5.74) is 0. The van der Waals surface area contributed by atoms with Crippen LogP contribution >= 0.6 is 0 Å². The zero-order valence-corrected chi connectivity index (χ0v) is 8.88. The van der Waals surface area contributed by atoms with Crippen LogP contribution in [0.4, 0.5) is 0 Å². The Morgan fingerprint density at radius 3 is 2.27 bits per heavy atom. The summed E-state index contributed by atoms with van der Waals surface area (Å²) in [5, 5.41) is 10.5. The number of rotatable bonds is 1. The van der Waals surface area contributed by atoms with Gasteiger partial charge in [-0.15, -0.1) is 0 Å². The predicted octanol–water partition coefficient (Wildman–Crippen LogP) is -2.82. The van der Waals surface area contributed by atoms with E-state index in [-0.39, 0.29) is 35.5 Å². The Morgan fingerprint density at radius 1 is 1.27 bits per heavy atom. The number of carbonyl (C=O) groups excluding carboxylic acids is 1. The fourth-order valence-corrected chi connectivity index (χ4v) is 2.53. The number of fused-ring (bicyclic) bond motifs is 2. The van der Waals surface area contributed by atoms with E-state index in [2.05, 4.69) is 0 Å². The zero-order chi connectivity index (χ0) is 7.14. The van der Waals surface area contributed by atoms with Gasteiger partial charge in [0.25, 0.3) is 0 Å². The predicted molar refractivity (Wildman–Crippen MR) is 33.9 cm³/mol. The molecule has 0 aliphatic heterocycles. The van der Waals surface area contributed by atoms with Crippen LogP contribution < -0.4 is 34.7 Å². The maximum atomic E-state index is 10.5. The number of carboxylic acid groups (broad SMARTS) is 1. The Bertz CT molecular complexity index is 169. The summed E-state index contributed by atoms with van der Waals surface area (Å²) in [6.07, 6.45) is 4.43. The van der Waals surface area contributed by atoms with Crippen molar-refractivity contribution in [2.75, 3.05) is 0 Å². The van der Waals surface area contributed by atoms with Gasteiger partial charge < -0.3 is 9.90 Å². The van der Waals surface area contributed by atoms with Crippen molar-refractivity contribution in [3.63, 3.8) is 0 Å². The number of hydrogen-bond donors (Lipinski definition) is 0. The Kier molecular flexibility index (Phi) is 3.01. The molecule has 2 saturated carbocycles. The van der Waals surface area contributed by atoms with E-state index >= 15 is 0 Å². The molecule has 2 aliphatic carbocycles. The molecule has 2 fully saturated rings. The van der Waals surface area contributed by atoms with Gasteiger partial charge in [0.15, 0.2) is 0 Å². The van der Waals surface area contributed by atoms with Crippen LogP contribution in [0.1, 0.15) is 25.7 Å². The first kappa shape index (κ1) is 9.56. The van der Waals surface area contributed by atoms with Crippen LogP contribution in [-0.2, 0) is 4.79 Å². The summed E-state index contributed by atoms with van der Waals surface area (Å²) in [5.74, 6) is 0.272. The molecule has 2 bridgehead atoms. The Labute approximate surface area is 88.7 Å². The normalized spacial score (nSPS) is 40.2. The topological polar surface area (TPSA) is 40.1 Å². The van der Waals surface area contributed by atoms with E-state index in [1.807, 2.05) is 0 Å². The summed E-state index contributed by atoms with van der Waals surface area (Å²) in [6, 6.07) is 0. The first-order chi connectivity index (χ1) is 4.77. The monoisotopic (exact) mass is 162 g/mol. The summed E-state index contributed by atoms with van der Waals surface area (Å²) in [6.45, 7) is 0. The largest absolute Gasteiger partial charge is 1.00 e. The molecule has 0 aromatic rings. The van der Waals surface area contributed by atoms with Crippen molar-refractivity contribution in [1.29, 1.82) is 0 Å². The van der Waals surface area contributed by atoms with Crippen LogP contribution in [-0.4, -0.2) is 5.97 Å². The summed E-state index contributed by atoms with van der Waals surface area (Å²) >= 11 is 0. The van der Waals surface area contributed by atoms with Crippen LogP contribution in [0, 0.1) is 17.8 Å². The van der Waals surface area contributed by atoms with E-state index in [0.717, 1.165) is 19.3 Å². The molecule has 0 aromatic heterocycles. The van der Waals surface area contributed by atoms with Gasteiger partial charge >= 0.3 is 29.6 Å². The number of carbonyl (C=O) groups is 1. The maximum absolute atomic E-state index is 10.5. The molecule has 0 aromatic carbocycles. The molecule has 0 amide bonds. The fraction of sp³-hybridized carbons (Fsp3) is 0.875. The molecule has 0 N–H and O–H groups in total. The third kappa shape index (κ3) is 1.63. The Hall–Kier alpha value is 0.470. The zero-order valence-electron chi connectivity index (χ0n) is 6.88. The van der Waals surface area contributed by atoms with Gasteiger partial charge in [0.1, 0.15) is 0 Å². The van der Waals surface area contributed by atoms with Crippen LogP contribution in [0.15, 0.2) is 0 Å². The molecule has 56 valence electrons. The van der Waals surface area contributed by atoms with Crippen molar-refractivity contribution in [1.82, 2.24) is 0 Å². The summed E-state index contributed by atoms with van der Waals surface area (Å²) < 4.78 is 0. The van der Waals surface area contributed by atoms with Crippen molar-refractivity contribution < 1.29 is 39.5 Å². The summed E-state index contributed by atoms with van der Waals surface area (Å²) in [7, 11) is 0. The van der Waals surface area contributed by atoms with Crippen molar-refractivity contribution in [3.8, 4) is 0 Å². The van der Waals surface area contributed by atoms with Crippen molar-refractivity contribution in [2.45, 2.75) is 25.7 Å². The van der Waals surface area contributed by atoms with E-state index in [0.29, 0.717) is 11.8 Å². The van der Waals surface area contributed by atoms with Gasteiger partial charge in [-0.25, -0.2) is 0 Å². The quantitative estimate of drug-likeness (QED) is 0.390. The van der Waals surface area contributed by atoms with E-state index in [1.54, 1.807) is 0 Å². The van der Waals surface area contributed by atoms with E-state index < -0.39 is 5.97 Å². The fourth-order valence-electron chi connectivity index (χ4n) is 2.53. The number of hydrogen-bond acceptors (Lipinski definition) is 2. The smallest absolute Gasteiger partial charge is 0.550 e. The van der Waals surface area contributed by atoms with Crippen LogP contribution in [0.3, 0.4) is 0 Å². The average molecular weight is 162 g/mol. The van der Waals surface area contributed by atoms with Gasteiger partial charge in [0.05, 0.1) is 0 Å². The molecule has 0 heterocycles. The minimum Gasteiger partial charge on any atom is -0.550 e. The molecule has 3 heteroatoms. The van der Waals surface area contributed by atoms with E-state index in [9.17, 15) is 9.90 Å². The third-order valence-electron chi connectivity index (χ3n) is 3.04. The molecule has 0 spiro atoms. The minimum atomic E-state index is -0.813. The standard InChI is InChI=1S/C8H12O2.Na/c9-8(10)7-4-5-1-2-6(7)3-5;/h5-7H,1-4H2,(H,9,10);/q;+1/p-1/t5-,6+,7?;/m0./s1. The molecular formula is C8H11NaO2. The first-order valence-electron chi connectivity index (χ1n) is 3.98. The second-order valence-corrected chi connectivity index (χ2v) is 3.60. The molecule has 2 nitrogen and oxygen atoms in total. The average Bonchev–Trinajstić information content (AvgIpc) is 2.44. The molecule has 0 saturated heterocycles. The van der Waals surface area contributed by atoms with Crippen molar-refractivity contribution >= 4 is 5.97 Å². The van der Waals surface area contributed by atoms with Crippen LogP contribution in [0.5, 0.6) is 0 Å². The van der Waals surface area contributed by atoms with E-state index in [4.69, 9.17) is 0 Å². The molecule has 0 radical (unpaired) electrons. The molecule has 2 aliphatic rings. The number of aliphatic carboxylic acids is 1. The SMILES string of the molecule is O=C([O-])C1C[C@H]2CC[C@@H]1C2.[Na+]. The molecule has 3 atom stereocenters. The van der Waals surface area contributed by atoms with Crippen molar-refractivity contribution in [2.24, 2.45) is 17.8 Å². The van der Waals surface area contributed by atoms with Gasteiger partial charge in [-0.3, -0.25) is 0 Å². The van der Waals surface area contributed by atoms with Gasteiger partial charge in [-0.2, -0.15) is 0 Å². The number of carboxylic acids is 1. The van der Waals surface area contributed by atoms with Gasteiger partial charge in [-0.05, 0) is 31.1 Å². The van der Waals surface area contributed by atoms with Gasteiger partial charge in [0.2, 0.25) is 0 Å².